The molecule has 0 radical (unpaired) electrons. The molecule has 0 saturated heterocycles. The van der Waals surface area contributed by atoms with Crippen LogP contribution in [0, 0.1) is 0 Å². The number of carbonyl (C=O) groups is 2. The van der Waals surface area contributed by atoms with E-state index >= 15 is 0 Å². The fourth-order valence-corrected chi connectivity index (χ4v) is 2.00. The van der Waals surface area contributed by atoms with Crippen LogP contribution in [0.4, 0.5) is 4.79 Å². The Morgan fingerprint density at radius 2 is 1.94 bits per heavy atom. The van der Waals surface area contributed by atoms with Crippen LogP contribution in [0.5, 0.6) is 5.06 Å². The highest BCUT2D eigenvalue weighted by atomic mass is 32.1. The van der Waals surface area contributed by atoms with Crippen molar-refractivity contribution in [3.63, 3.8) is 0 Å². The van der Waals surface area contributed by atoms with Crippen LogP contribution in [-0.2, 0) is 14.3 Å². The number of hydrogen-bond donors (Lipinski definition) is 1. The molecule has 1 N–H and O–H groups in total. The molecular formula is C10H13NO5S. The fourth-order valence-electron chi connectivity index (χ4n) is 1.14. The third-order valence-corrected chi connectivity index (χ3v) is 3.08. The number of thiophene rings is 1. The van der Waals surface area contributed by atoms with Crippen LogP contribution in [0.2, 0.25) is 0 Å². The van der Waals surface area contributed by atoms with Crippen LogP contribution >= 0.6 is 11.3 Å². The molecule has 0 bridgehead atoms. The van der Waals surface area contributed by atoms with E-state index in [1.165, 1.54) is 32.7 Å². The average Bonchev–Trinajstić information content (AvgIpc) is 2.83. The molecule has 0 aliphatic carbocycles. The number of methoxy groups -OCH3 is 3. The number of ether oxygens (including phenoxy) is 3. The molecule has 0 aromatic carbocycles. The first-order valence-electron chi connectivity index (χ1n) is 4.68. The largest absolute Gasteiger partial charge is 0.487 e. The zero-order valence-corrected chi connectivity index (χ0v) is 10.5. The van der Waals surface area contributed by atoms with Crippen molar-refractivity contribution in [3.8, 4) is 5.06 Å². The molecule has 1 amide bonds. The van der Waals surface area contributed by atoms with Gasteiger partial charge < -0.3 is 19.5 Å². The summed E-state index contributed by atoms with van der Waals surface area (Å²) in [7, 11) is 3.99. The predicted molar refractivity (Wildman–Crippen MR) is 61.2 cm³/mol. The Morgan fingerprint density at radius 1 is 1.24 bits per heavy atom. The number of nitrogens with one attached hydrogen (secondary N) is 1. The molecule has 94 valence electrons. The highest BCUT2D eigenvalue weighted by Gasteiger charge is 2.25. The highest BCUT2D eigenvalue weighted by molar-refractivity contribution is 7.14. The van der Waals surface area contributed by atoms with Crippen molar-refractivity contribution < 1.29 is 23.8 Å². The van der Waals surface area contributed by atoms with Crippen molar-refractivity contribution in [1.82, 2.24) is 5.32 Å². The van der Waals surface area contributed by atoms with Crippen LogP contribution in [0.1, 0.15) is 10.9 Å². The summed E-state index contributed by atoms with van der Waals surface area (Å²) in [6, 6.07) is 2.50. The second-order valence-corrected chi connectivity index (χ2v) is 4.03. The average molecular weight is 259 g/mol. The molecule has 17 heavy (non-hydrogen) atoms. The predicted octanol–water partition coefficient (Wildman–Crippen LogP) is 1.33. The molecule has 0 aliphatic heterocycles. The molecule has 0 fully saturated rings. The van der Waals surface area contributed by atoms with E-state index in [2.05, 4.69) is 14.8 Å². The fraction of sp³-hybridized carbons (Fsp3) is 0.400. The second-order valence-electron chi connectivity index (χ2n) is 2.95. The number of esters is 1. The Balaban J connectivity index is 2.89. The van der Waals surface area contributed by atoms with Gasteiger partial charge in [0.25, 0.3) is 0 Å². The minimum Gasteiger partial charge on any atom is -0.487 e. The number of rotatable bonds is 4. The van der Waals surface area contributed by atoms with Crippen LogP contribution in [-0.4, -0.2) is 33.4 Å². The van der Waals surface area contributed by atoms with Gasteiger partial charge in [0.15, 0.2) is 11.1 Å². The molecule has 1 aromatic rings. The van der Waals surface area contributed by atoms with Crippen LogP contribution < -0.4 is 10.1 Å². The Labute approximate surface area is 102 Å². The molecule has 0 aliphatic rings. The lowest BCUT2D eigenvalue weighted by molar-refractivity contribution is -0.143. The molecule has 0 unspecified atom stereocenters. The van der Waals surface area contributed by atoms with Crippen molar-refractivity contribution >= 4 is 23.4 Å². The standard InChI is InChI=1S/C10H13NO5S/c1-14-7-5-4-6(17-7)8(9(12)15-2)11-10(13)16-3/h4-5,8H,1-3H3,(H,11,13)/t8-/m1/s1. The topological polar surface area (TPSA) is 73.9 Å². The van der Waals surface area contributed by atoms with Gasteiger partial charge in [0.05, 0.1) is 21.3 Å². The third-order valence-electron chi connectivity index (χ3n) is 1.97. The maximum atomic E-state index is 11.5. The number of hydrogen-bond acceptors (Lipinski definition) is 6. The van der Waals surface area contributed by atoms with Gasteiger partial charge in [0.2, 0.25) is 0 Å². The molecule has 7 heteroatoms. The van der Waals surface area contributed by atoms with Gasteiger partial charge >= 0.3 is 12.1 Å². The molecule has 0 spiro atoms. The SMILES string of the molecule is COC(=O)N[C@@H](C(=O)OC)c1ccc(OC)s1. The summed E-state index contributed by atoms with van der Waals surface area (Å²) in [5, 5.41) is 3.03. The van der Waals surface area contributed by atoms with Crippen LogP contribution in [0.3, 0.4) is 0 Å². The lowest BCUT2D eigenvalue weighted by Crippen LogP contribution is -2.33. The smallest absolute Gasteiger partial charge is 0.407 e. The molecule has 0 saturated carbocycles. The van der Waals surface area contributed by atoms with Crippen molar-refractivity contribution in [1.29, 1.82) is 0 Å². The van der Waals surface area contributed by atoms with E-state index in [1.807, 2.05) is 0 Å². The zero-order chi connectivity index (χ0) is 12.8. The summed E-state index contributed by atoms with van der Waals surface area (Å²) in [5.41, 5.74) is 0. The minimum absolute atomic E-state index is 0.570. The van der Waals surface area contributed by atoms with Crippen molar-refractivity contribution in [2.24, 2.45) is 0 Å². The first kappa shape index (κ1) is 13.3. The summed E-state index contributed by atoms with van der Waals surface area (Å²) in [5.74, 6) is -0.570. The van der Waals surface area contributed by atoms with Crippen molar-refractivity contribution in [2.75, 3.05) is 21.3 Å². The quantitative estimate of drug-likeness (QED) is 0.826. The van der Waals surface area contributed by atoms with Crippen molar-refractivity contribution in [2.45, 2.75) is 6.04 Å². The summed E-state index contributed by atoms with van der Waals surface area (Å²) >= 11 is 1.24. The van der Waals surface area contributed by atoms with E-state index in [0.29, 0.717) is 9.94 Å². The van der Waals surface area contributed by atoms with Gasteiger partial charge in [-0.3, -0.25) is 0 Å². The molecule has 1 heterocycles. The Morgan fingerprint density at radius 3 is 2.41 bits per heavy atom. The monoisotopic (exact) mass is 259 g/mol. The number of carbonyl (C=O) groups excluding carboxylic acids is 2. The molecule has 6 nitrogen and oxygen atoms in total. The first-order valence-corrected chi connectivity index (χ1v) is 5.50. The highest BCUT2D eigenvalue weighted by Crippen LogP contribution is 2.29. The van der Waals surface area contributed by atoms with E-state index in [4.69, 9.17) is 4.74 Å². The lowest BCUT2D eigenvalue weighted by Gasteiger charge is -2.13. The minimum atomic E-state index is -0.888. The second kappa shape index (κ2) is 6.09. The van der Waals surface area contributed by atoms with E-state index in [9.17, 15) is 9.59 Å². The van der Waals surface area contributed by atoms with Crippen molar-refractivity contribution in [3.05, 3.63) is 17.0 Å². The Kier molecular flexibility index (Phi) is 4.77. The van der Waals surface area contributed by atoms with Gasteiger partial charge in [-0.25, -0.2) is 9.59 Å². The molecular weight excluding hydrogens is 246 g/mol. The van der Waals surface area contributed by atoms with Gasteiger partial charge in [0, 0.05) is 4.88 Å². The van der Waals surface area contributed by atoms with E-state index in [1.54, 1.807) is 12.1 Å². The first-order chi connectivity index (χ1) is 8.12. The Bertz CT molecular complexity index is 403. The maximum Gasteiger partial charge on any atom is 0.407 e. The lowest BCUT2D eigenvalue weighted by atomic mass is 10.2. The molecule has 1 rings (SSSR count). The van der Waals surface area contributed by atoms with Gasteiger partial charge in [-0.2, -0.15) is 0 Å². The van der Waals surface area contributed by atoms with Gasteiger partial charge in [-0.15, -0.1) is 11.3 Å². The zero-order valence-electron chi connectivity index (χ0n) is 9.68. The number of alkyl carbamates (subject to hydrolysis) is 1. The summed E-state index contributed by atoms with van der Waals surface area (Å²) < 4.78 is 14.1. The van der Waals surface area contributed by atoms with Gasteiger partial charge in [-0.1, -0.05) is 0 Å². The van der Waals surface area contributed by atoms with Gasteiger partial charge in [-0.05, 0) is 12.1 Å². The van der Waals surface area contributed by atoms with Crippen LogP contribution in [0.15, 0.2) is 12.1 Å². The van der Waals surface area contributed by atoms with E-state index in [0.717, 1.165) is 0 Å². The van der Waals surface area contributed by atoms with E-state index in [-0.39, 0.29) is 0 Å². The van der Waals surface area contributed by atoms with Crippen LogP contribution in [0.25, 0.3) is 0 Å². The maximum absolute atomic E-state index is 11.5. The van der Waals surface area contributed by atoms with E-state index < -0.39 is 18.1 Å². The summed E-state index contributed by atoms with van der Waals surface area (Å²) in [4.78, 5) is 23.3. The Hall–Kier alpha value is -1.76. The number of amides is 1. The normalized spacial score (nSPS) is 11.5. The molecule has 1 aromatic heterocycles. The van der Waals surface area contributed by atoms with Gasteiger partial charge in [0.1, 0.15) is 0 Å². The summed E-state index contributed by atoms with van der Waals surface area (Å²) in [6.45, 7) is 0. The molecule has 1 atom stereocenters. The third kappa shape index (κ3) is 3.35. The summed E-state index contributed by atoms with van der Waals surface area (Å²) in [6.07, 6.45) is -0.701.